The number of aryl methyl sites for hydroxylation is 2. The number of alkyl halides is 2. The molecule has 0 aromatic carbocycles. The zero-order valence-electron chi connectivity index (χ0n) is 17.9. The fourth-order valence-corrected chi connectivity index (χ4v) is 5.01. The zero-order valence-corrected chi connectivity index (χ0v) is 18.7. The van der Waals surface area contributed by atoms with Crippen LogP contribution in [-0.2, 0) is 13.1 Å². The van der Waals surface area contributed by atoms with Crippen LogP contribution in [0.5, 0.6) is 0 Å². The van der Waals surface area contributed by atoms with Gasteiger partial charge in [-0.2, -0.15) is 8.78 Å². The van der Waals surface area contributed by atoms with Crippen LogP contribution in [0.3, 0.4) is 0 Å². The van der Waals surface area contributed by atoms with E-state index < -0.39 is 6.55 Å². The third-order valence-electron chi connectivity index (χ3n) is 6.00. The number of nitrogens with zero attached hydrogens (tertiary/aromatic N) is 6. The Morgan fingerprint density at radius 1 is 1.23 bits per heavy atom. The highest BCUT2D eigenvalue weighted by molar-refractivity contribution is 7.18. The fraction of sp³-hybridized carbons (Fsp3) is 0.571. The maximum absolute atomic E-state index is 13.3. The molecular formula is C21H28F2N6S. The largest absolute Gasteiger partial charge is 0.352 e. The maximum Gasteiger partial charge on any atom is 0.319 e. The minimum atomic E-state index is -2.61. The van der Waals surface area contributed by atoms with E-state index in [1.54, 1.807) is 11.3 Å². The van der Waals surface area contributed by atoms with Gasteiger partial charge in [-0.05, 0) is 51.3 Å². The summed E-state index contributed by atoms with van der Waals surface area (Å²) < 4.78 is 27.4. The molecule has 3 aromatic rings. The summed E-state index contributed by atoms with van der Waals surface area (Å²) in [6, 6.07) is 0. The van der Waals surface area contributed by atoms with E-state index >= 15 is 0 Å². The van der Waals surface area contributed by atoms with Crippen molar-refractivity contribution in [1.82, 2.24) is 24.4 Å². The lowest BCUT2D eigenvalue weighted by Crippen LogP contribution is -2.33. The number of anilines is 1. The predicted molar refractivity (Wildman–Crippen MR) is 116 cm³/mol. The Balaban J connectivity index is 1.67. The van der Waals surface area contributed by atoms with Crippen molar-refractivity contribution in [3.05, 3.63) is 34.5 Å². The topological polar surface area (TPSA) is 50.1 Å². The summed E-state index contributed by atoms with van der Waals surface area (Å²) in [7, 11) is 1.88. The average Bonchev–Trinajstić information content (AvgIpc) is 3.27. The van der Waals surface area contributed by atoms with Crippen LogP contribution in [0.4, 0.5) is 14.6 Å². The van der Waals surface area contributed by atoms with Gasteiger partial charge in [0.25, 0.3) is 0 Å². The smallest absolute Gasteiger partial charge is 0.319 e. The molecule has 0 saturated carbocycles. The molecule has 30 heavy (non-hydrogen) atoms. The Hall–Kier alpha value is -2.13. The van der Waals surface area contributed by atoms with Crippen LogP contribution < -0.4 is 4.90 Å². The second kappa shape index (κ2) is 8.55. The first-order chi connectivity index (χ1) is 14.3. The molecule has 0 unspecified atom stereocenters. The lowest BCUT2D eigenvalue weighted by atomic mass is 9.99. The van der Waals surface area contributed by atoms with Gasteiger partial charge in [-0.3, -0.25) is 9.47 Å². The number of imidazole rings is 1. The molecule has 6 nitrogen and oxygen atoms in total. The summed E-state index contributed by atoms with van der Waals surface area (Å²) in [5.74, 6) is 2.66. The van der Waals surface area contributed by atoms with Crippen LogP contribution >= 0.6 is 11.3 Å². The van der Waals surface area contributed by atoms with Gasteiger partial charge in [0.1, 0.15) is 22.3 Å². The van der Waals surface area contributed by atoms with E-state index in [2.05, 4.69) is 30.7 Å². The van der Waals surface area contributed by atoms with E-state index in [4.69, 9.17) is 9.97 Å². The number of thiophene rings is 1. The van der Waals surface area contributed by atoms with Crippen molar-refractivity contribution in [2.75, 3.05) is 25.0 Å². The number of hydrogen-bond acceptors (Lipinski definition) is 6. The lowest BCUT2D eigenvalue weighted by molar-refractivity contribution is 0.0670. The van der Waals surface area contributed by atoms with E-state index in [1.165, 1.54) is 30.1 Å². The summed E-state index contributed by atoms with van der Waals surface area (Å²) >= 11 is 1.67. The summed E-state index contributed by atoms with van der Waals surface area (Å²) in [6.45, 7) is 6.92. The van der Waals surface area contributed by atoms with Gasteiger partial charge < -0.3 is 4.90 Å². The number of likely N-dealkylation sites (tertiary alicyclic amines) is 1. The molecule has 0 spiro atoms. The quantitative estimate of drug-likeness (QED) is 0.559. The van der Waals surface area contributed by atoms with Gasteiger partial charge in [0, 0.05) is 24.3 Å². The van der Waals surface area contributed by atoms with Gasteiger partial charge >= 0.3 is 6.55 Å². The molecular weight excluding hydrogens is 406 g/mol. The standard InChI is InChI=1S/C21H28F2N6S/c1-13-5-8-28(9-6-13)11-16-25-19(18-14(2)15(3)30-20(18)26-16)27(4)12-17-24-7-10-29(17)21(22)23/h7,10,13,21H,5-6,8-9,11-12H2,1-4H3. The fourth-order valence-electron chi connectivity index (χ4n) is 3.97. The molecule has 162 valence electrons. The van der Waals surface area contributed by atoms with Crippen molar-refractivity contribution in [3.8, 4) is 0 Å². The first-order valence-corrected chi connectivity index (χ1v) is 11.1. The molecule has 4 rings (SSSR count). The van der Waals surface area contributed by atoms with Crippen LogP contribution in [0.25, 0.3) is 10.2 Å². The highest BCUT2D eigenvalue weighted by Crippen LogP contribution is 2.35. The van der Waals surface area contributed by atoms with Gasteiger partial charge in [-0.1, -0.05) is 6.92 Å². The minimum Gasteiger partial charge on any atom is -0.352 e. The summed E-state index contributed by atoms with van der Waals surface area (Å²) in [4.78, 5) is 20.4. The van der Waals surface area contributed by atoms with E-state index in [-0.39, 0.29) is 6.54 Å². The second-order valence-corrected chi connectivity index (χ2v) is 9.47. The van der Waals surface area contributed by atoms with Gasteiger partial charge in [0.05, 0.1) is 18.5 Å². The molecule has 1 aliphatic heterocycles. The molecule has 3 aromatic heterocycles. The number of piperidine rings is 1. The summed E-state index contributed by atoms with van der Waals surface area (Å²) in [5.41, 5.74) is 1.15. The zero-order chi connectivity index (χ0) is 21.4. The Labute approximate surface area is 179 Å². The van der Waals surface area contributed by atoms with Gasteiger partial charge in [0.15, 0.2) is 0 Å². The van der Waals surface area contributed by atoms with Crippen LogP contribution in [0.2, 0.25) is 0 Å². The molecule has 0 bridgehead atoms. The van der Waals surface area contributed by atoms with Crippen LogP contribution in [0.15, 0.2) is 12.4 Å². The first kappa shape index (κ1) is 21.1. The molecule has 0 N–H and O–H groups in total. The number of hydrogen-bond donors (Lipinski definition) is 0. The van der Waals surface area contributed by atoms with E-state index in [1.807, 2.05) is 11.9 Å². The molecule has 4 heterocycles. The lowest BCUT2D eigenvalue weighted by Gasteiger charge is -2.29. The van der Waals surface area contributed by atoms with Crippen molar-refractivity contribution in [2.24, 2.45) is 5.92 Å². The third kappa shape index (κ3) is 4.18. The van der Waals surface area contributed by atoms with Crippen molar-refractivity contribution >= 4 is 27.4 Å². The van der Waals surface area contributed by atoms with Crippen molar-refractivity contribution < 1.29 is 8.78 Å². The highest BCUT2D eigenvalue weighted by atomic mass is 32.1. The summed E-state index contributed by atoms with van der Waals surface area (Å²) in [5, 5.41) is 1.01. The maximum atomic E-state index is 13.3. The Kier molecular flexibility index (Phi) is 6.02. The molecule has 9 heteroatoms. The molecule has 0 atom stereocenters. The van der Waals surface area contributed by atoms with Gasteiger partial charge in [-0.15, -0.1) is 11.3 Å². The molecule has 1 saturated heterocycles. The van der Waals surface area contributed by atoms with E-state index in [0.717, 1.165) is 51.0 Å². The monoisotopic (exact) mass is 434 g/mol. The van der Waals surface area contributed by atoms with Gasteiger partial charge in [0.2, 0.25) is 0 Å². The van der Waals surface area contributed by atoms with E-state index in [9.17, 15) is 8.78 Å². The molecule has 0 amide bonds. The van der Waals surface area contributed by atoms with Crippen LogP contribution in [0, 0.1) is 19.8 Å². The number of rotatable bonds is 6. The number of fused-ring (bicyclic) bond motifs is 1. The minimum absolute atomic E-state index is 0.248. The Morgan fingerprint density at radius 2 is 1.97 bits per heavy atom. The van der Waals surface area contributed by atoms with Gasteiger partial charge in [-0.25, -0.2) is 15.0 Å². The first-order valence-electron chi connectivity index (χ1n) is 10.3. The highest BCUT2D eigenvalue weighted by Gasteiger charge is 2.22. The predicted octanol–water partition coefficient (Wildman–Crippen LogP) is 4.77. The molecule has 0 radical (unpaired) electrons. The molecule has 1 fully saturated rings. The average molecular weight is 435 g/mol. The molecule has 1 aliphatic rings. The SMILES string of the molecule is Cc1sc2nc(CN3CCC(C)CC3)nc(N(C)Cc3nccn3C(F)F)c2c1C. The number of halogens is 2. The van der Waals surface area contributed by atoms with Crippen molar-refractivity contribution in [3.63, 3.8) is 0 Å². The van der Waals surface area contributed by atoms with Crippen LogP contribution in [0.1, 0.15) is 48.4 Å². The van der Waals surface area contributed by atoms with E-state index in [0.29, 0.717) is 12.4 Å². The third-order valence-corrected chi connectivity index (χ3v) is 7.10. The Morgan fingerprint density at radius 3 is 2.67 bits per heavy atom. The van der Waals surface area contributed by atoms with Crippen molar-refractivity contribution in [2.45, 2.75) is 53.3 Å². The number of aromatic nitrogens is 4. The normalized spacial score (nSPS) is 16.1. The van der Waals surface area contributed by atoms with Crippen LogP contribution in [-0.4, -0.2) is 44.6 Å². The summed E-state index contributed by atoms with van der Waals surface area (Å²) in [6.07, 6.45) is 5.12. The van der Waals surface area contributed by atoms with Crippen molar-refractivity contribution in [1.29, 1.82) is 0 Å². The molecule has 0 aliphatic carbocycles. The Bertz CT molecular complexity index is 1020. The second-order valence-electron chi connectivity index (χ2n) is 8.27.